The van der Waals surface area contributed by atoms with Crippen LogP contribution in [-0.2, 0) is 9.59 Å². The molecular formula is C15H21NO4. The lowest BCUT2D eigenvalue weighted by Gasteiger charge is -2.15. The molecule has 2 N–H and O–H groups in total. The summed E-state index contributed by atoms with van der Waals surface area (Å²) in [5.41, 5.74) is 0.949. The van der Waals surface area contributed by atoms with Crippen molar-refractivity contribution in [3.63, 3.8) is 0 Å². The van der Waals surface area contributed by atoms with Crippen LogP contribution in [0.25, 0.3) is 0 Å². The molecule has 0 fully saturated rings. The Labute approximate surface area is 118 Å². The predicted molar refractivity (Wildman–Crippen MR) is 75.6 cm³/mol. The van der Waals surface area contributed by atoms with E-state index in [0.29, 0.717) is 18.1 Å². The maximum absolute atomic E-state index is 11.7. The van der Waals surface area contributed by atoms with Crippen molar-refractivity contribution in [3.05, 3.63) is 29.8 Å². The molecule has 0 radical (unpaired) electrons. The second-order valence-electron chi connectivity index (χ2n) is 5.14. The van der Waals surface area contributed by atoms with Crippen LogP contribution in [-0.4, -0.2) is 23.6 Å². The zero-order valence-corrected chi connectivity index (χ0v) is 12.1. The van der Waals surface area contributed by atoms with Crippen LogP contribution >= 0.6 is 0 Å². The van der Waals surface area contributed by atoms with Gasteiger partial charge in [-0.15, -0.1) is 0 Å². The first-order valence-electron chi connectivity index (χ1n) is 6.62. The molecule has 1 aromatic carbocycles. The first kappa shape index (κ1) is 16.0. The van der Waals surface area contributed by atoms with E-state index in [1.54, 1.807) is 12.1 Å². The molecule has 0 aliphatic heterocycles. The quantitative estimate of drug-likeness (QED) is 0.803. The molecule has 0 saturated carbocycles. The Morgan fingerprint density at radius 1 is 1.20 bits per heavy atom. The SMILES string of the molecule is CC(C)CC(=O)NC(C)c1ccc(OCC(=O)O)cc1. The molecule has 5 heteroatoms. The number of hydrogen-bond donors (Lipinski definition) is 2. The first-order valence-corrected chi connectivity index (χ1v) is 6.62. The summed E-state index contributed by atoms with van der Waals surface area (Å²) >= 11 is 0. The average Bonchev–Trinajstić information content (AvgIpc) is 2.35. The largest absolute Gasteiger partial charge is 0.482 e. The predicted octanol–water partition coefficient (Wildman–Crippen LogP) is 2.37. The van der Waals surface area contributed by atoms with E-state index < -0.39 is 5.97 Å². The lowest BCUT2D eigenvalue weighted by molar-refractivity contribution is -0.139. The molecule has 1 atom stereocenters. The highest BCUT2D eigenvalue weighted by molar-refractivity contribution is 5.76. The summed E-state index contributed by atoms with van der Waals surface area (Å²) < 4.78 is 5.05. The summed E-state index contributed by atoms with van der Waals surface area (Å²) in [5, 5.41) is 11.4. The number of carboxylic acids is 1. The summed E-state index contributed by atoms with van der Waals surface area (Å²) in [6.45, 7) is 5.54. The maximum Gasteiger partial charge on any atom is 0.341 e. The van der Waals surface area contributed by atoms with E-state index in [4.69, 9.17) is 9.84 Å². The summed E-state index contributed by atoms with van der Waals surface area (Å²) in [7, 11) is 0. The van der Waals surface area contributed by atoms with Crippen molar-refractivity contribution in [2.24, 2.45) is 5.92 Å². The van der Waals surface area contributed by atoms with Crippen molar-refractivity contribution in [1.82, 2.24) is 5.32 Å². The minimum Gasteiger partial charge on any atom is -0.482 e. The van der Waals surface area contributed by atoms with Gasteiger partial charge in [0.25, 0.3) is 0 Å². The van der Waals surface area contributed by atoms with E-state index >= 15 is 0 Å². The fourth-order valence-electron chi connectivity index (χ4n) is 1.75. The number of amides is 1. The Morgan fingerprint density at radius 2 is 1.80 bits per heavy atom. The van der Waals surface area contributed by atoms with Crippen LogP contribution in [0, 0.1) is 5.92 Å². The highest BCUT2D eigenvalue weighted by Gasteiger charge is 2.11. The van der Waals surface area contributed by atoms with Gasteiger partial charge in [-0.3, -0.25) is 4.79 Å². The van der Waals surface area contributed by atoms with Crippen LogP contribution in [0.1, 0.15) is 38.8 Å². The third-order valence-corrected chi connectivity index (χ3v) is 2.71. The number of benzene rings is 1. The number of ether oxygens (including phenoxy) is 1. The van der Waals surface area contributed by atoms with E-state index in [2.05, 4.69) is 5.32 Å². The minimum atomic E-state index is -1.01. The number of nitrogens with one attached hydrogen (secondary N) is 1. The van der Waals surface area contributed by atoms with Gasteiger partial charge in [0.1, 0.15) is 5.75 Å². The van der Waals surface area contributed by atoms with Crippen molar-refractivity contribution in [2.45, 2.75) is 33.2 Å². The van der Waals surface area contributed by atoms with Crippen LogP contribution in [0.4, 0.5) is 0 Å². The number of hydrogen-bond acceptors (Lipinski definition) is 3. The Morgan fingerprint density at radius 3 is 2.30 bits per heavy atom. The molecule has 0 saturated heterocycles. The maximum atomic E-state index is 11.7. The second kappa shape index (κ2) is 7.53. The van der Waals surface area contributed by atoms with Gasteiger partial charge in [-0.2, -0.15) is 0 Å². The van der Waals surface area contributed by atoms with Gasteiger partial charge in [0.2, 0.25) is 5.91 Å². The number of rotatable bonds is 7. The topological polar surface area (TPSA) is 75.6 Å². The summed E-state index contributed by atoms with van der Waals surface area (Å²) in [6, 6.07) is 6.94. The smallest absolute Gasteiger partial charge is 0.341 e. The number of aliphatic carboxylic acids is 1. The Hall–Kier alpha value is -2.04. The molecule has 1 amide bonds. The van der Waals surface area contributed by atoms with Gasteiger partial charge in [-0.05, 0) is 30.5 Å². The molecule has 0 aromatic heterocycles. The molecule has 1 unspecified atom stereocenters. The molecule has 0 spiro atoms. The molecule has 1 aromatic rings. The van der Waals surface area contributed by atoms with Crippen LogP contribution < -0.4 is 10.1 Å². The van der Waals surface area contributed by atoms with Crippen molar-refractivity contribution < 1.29 is 19.4 Å². The Kier molecular flexibility index (Phi) is 6.03. The molecule has 0 bridgehead atoms. The molecule has 1 rings (SSSR count). The van der Waals surface area contributed by atoms with Gasteiger partial charge >= 0.3 is 5.97 Å². The highest BCUT2D eigenvalue weighted by atomic mass is 16.5. The minimum absolute atomic E-state index is 0.0266. The van der Waals surface area contributed by atoms with Crippen LogP contribution in [0.2, 0.25) is 0 Å². The van der Waals surface area contributed by atoms with Crippen molar-refractivity contribution in [2.75, 3.05) is 6.61 Å². The summed E-state index contributed by atoms with van der Waals surface area (Å²) in [4.78, 5) is 22.1. The van der Waals surface area contributed by atoms with Gasteiger partial charge in [-0.25, -0.2) is 4.79 Å². The monoisotopic (exact) mass is 279 g/mol. The lowest BCUT2D eigenvalue weighted by Crippen LogP contribution is -2.27. The van der Waals surface area contributed by atoms with Crippen LogP contribution in [0.5, 0.6) is 5.75 Å². The van der Waals surface area contributed by atoms with Crippen molar-refractivity contribution in [1.29, 1.82) is 0 Å². The van der Waals surface area contributed by atoms with Gasteiger partial charge in [0, 0.05) is 6.42 Å². The molecule has 20 heavy (non-hydrogen) atoms. The highest BCUT2D eigenvalue weighted by Crippen LogP contribution is 2.18. The molecule has 0 heterocycles. The fraction of sp³-hybridized carbons (Fsp3) is 0.467. The fourth-order valence-corrected chi connectivity index (χ4v) is 1.75. The van der Waals surface area contributed by atoms with E-state index in [1.165, 1.54) is 0 Å². The van der Waals surface area contributed by atoms with Gasteiger partial charge in [0.15, 0.2) is 6.61 Å². The first-order chi connectivity index (χ1) is 9.38. The molecular weight excluding hydrogens is 258 g/mol. The second-order valence-corrected chi connectivity index (χ2v) is 5.14. The zero-order valence-electron chi connectivity index (χ0n) is 12.1. The van der Waals surface area contributed by atoms with E-state index in [0.717, 1.165) is 5.56 Å². The van der Waals surface area contributed by atoms with E-state index in [9.17, 15) is 9.59 Å². The lowest BCUT2D eigenvalue weighted by atomic mass is 10.1. The third kappa shape index (κ3) is 5.73. The van der Waals surface area contributed by atoms with Gasteiger partial charge < -0.3 is 15.2 Å². The summed E-state index contributed by atoms with van der Waals surface area (Å²) in [6.07, 6.45) is 0.504. The number of carbonyl (C=O) groups excluding carboxylic acids is 1. The Balaban J connectivity index is 2.54. The van der Waals surface area contributed by atoms with E-state index in [1.807, 2.05) is 32.9 Å². The van der Waals surface area contributed by atoms with Crippen molar-refractivity contribution in [3.8, 4) is 5.75 Å². The van der Waals surface area contributed by atoms with Crippen molar-refractivity contribution >= 4 is 11.9 Å². The standard InChI is InChI=1S/C15H21NO4/c1-10(2)8-14(17)16-11(3)12-4-6-13(7-5-12)20-9-15(18)19/h4-7,10-11H,8-9H2,1-3H3,(H,16,17)(H,18,19). The third-order valence-electron chi connectivity index (χ3n) is 2.71. The summed E-state index contributed by atoms with van der Waals surface area (Å²) in [5.74, 6) is -0.159. The molecule has 0 aliphatic rings. The Bertz CT molecular complexity index is 453. The zero-order chi connectivity index (χ0) is 15.1. The number of carboxylic acid groups (broad SMARTS) is 1. The van der Waals surface area contributed by atoms with E-state index in [-0.39, 0.29) is 18.6 Å². The van der Waals surface area contributed by atoms with Gasteiger partial charge in [-0.1, -0.05) is 26.0 Å². The molecule has 5 nitrogen and oxygen atoms in total. The normalized spacial score (nSPS) is 12.0. The van der Waals surface area contributed by atoms with Gasteiger partial charge in [0.05, 0.1) is 6.04 Å². The van der Waals surface area contributed by atoms with Crippen LogP contribution in [0.15, 0.2) is 24.3 Å². The average molecular weight is 279 g/mol. The number of carbonyl (C=O) groups is 2. The molecule has 110 valence electrons. The van der Waals surface area contributed by atoms with Crippen LogP contribution in [0.3, 0.4) is 0 Å². The molecule has 0 aliphatic carbocycles.